The second-order valence-corrected chi connectivity index (χ2v) is 5.75. The van der Waals surface area contributed by atoms with Gasteiger partial charge in [-0.3, -0.25) is 0 Å². The van der Waals surface area contributed by atoms with Crippen LogP contribution < -0.4 is 18.9 Å². The van der Waals surface area contributed by atoms with Gasteiger partial charge in [0.25, 0.3) is 0 Å². The van der Waals surface area contributed by atoms with E-state index in [2.05, 4.69) is 4.98 Å². The van der Waals surface area contributed by atoms with E-state index < -0.39 is 0 Å². The number of nitrogens with one attached hydrogen (secondary N) is 1. The van der Waals surface area contributed by atoms with Crippen LogP contribution >= 0.6 is 0 Å². The zero-order valence-corrected chi connectivity index (χ0v) is 14.1. The van der Waals surface area contributed by atoms with Crippen molar-refractivity contribution in [2.24, 2.45) is 0 Å². The molecule has 0 unspecified atom stereocenters. The SMILES string of the molecule is COc1ccc(-c2c(CO)[nH]c3cc4c(cc23)OCCO4)cc1OC. The molecule has 0 radical (unpaired) electrons. The van der Waals surface area contributed by atoms with E-state index in [1.165, 1.54) is 0 Å². The number of aromatic amines is 1. The highest BCUT2D eigenvalue weighted by molar-refractivity contribution is 5.99. The minimum atomic E-state index is -0.106. The summed E-state index contributed by atoms with van der Waals surface area (Å²) in [6, 6.07) is 9.56. The highest BCUT2D eigenvalue weighted by atomic mass is 16.6. The number of aromatic nitrogens is 1. The number of hydrogen-bond donors (Lipinski definition) is 2. The maximum atomic E-state index is 9.82. The Bertz CT molecular complexity index is 931. The number of aliphatic hydroxyl groups is 1. The summed E-state index contributed by atoms with van der Waals surface area (Å²) in [4.78, 5) is 3.27. The molecule has 3 aromatic rings. The van der Waals surface area contributed by atoms with Crippen molar-refractivity contribution in [1.82, 2.24) is 4.98 Å². The fourth-order valence-corrected chi connectivity index (χ4v) is 3.23. The van der Waals surface area contributed by atoms with Crippen molar-refractivity contribution in [3.8, 4) is 34.1 Å². The van der Waals surface area contributed by atoms with E-state index >= 15 is 0 Å². The summed E-state index contributed by atoms with van der Waals surface area (Å²) in [5.74, 6) is 2.72. The molecule has 0 saturated carbocycles. The Morgan fingerprint density at radius 3 is 2.40 bits per heavy atom. The van der Waals surface area contributed by atoms with Crippen molar-refractivity contribution in [3.05, 3.63) is 36.0 Å². The van der Waals surface area contributed by atoms with Gasteiger partial charge < -0.3 is 29.0 Å². The van der Waals surface area contributed by atoms with Crippen molar-refractivity contribution in [2.75, 3.05) is 27.4 Å². The summed E-state index contributed by atoms with van der Waals surface area (Å²) < 4.78 is 22.1. The predicted molar refractivity (Wildman–Crippen MR) is 93.8 cm³/mol. The third kappa shape index (κ3) is 2.55. The zero-order chi connectivity index (χ0) is 17.4. The van der Waals surface area contributed by atoms with Gasteiger partial charge in [0.15, 0.2) is 23.0 Å². The standard InChI is InChI=1S/C19H19NO5/c1-22-15-4-3-11(7-16(15)23-2)19-12-8-17-18(25-6-5-24-17)9-13(12)20-14(19)10-21/h3-4,7-9,20-21H,5-6,10H2,1-2H3. The molecule has 2 aromatic carbocycles. The van der Waals surface area contributed by atoms with Crippen LogP contribution in [0.1, 0.15) is 5.69 Å². The number of fused-ring (bicyclic) bond motifs is 2. The molecule has 6 nitrogen and oxygen atoms in total. The third-order valence-corrected chi connectivity index (χ3v) is 4.37. The van der Waals surface area contributed by atoms with Gasteiger partial charge in [0, 0.05) is 22.7 Å². The topological polar surface area (TPSA) is 72.9 Å². The van der Waals surface area contributed by atoms with E-state index in [1.54, 1.807) is 14.2 Å². The molecule has 1 aromatic heterocycles. The van der Waals surface area contributed by atoms with E-state index in [0.29, 0.717) is 36.2 Å². The predicted octanol–water partition coefficient (Wildman–Crippen LogP) is 3.12. The van der Waals surface area contributed by atoms with Crippen LogP contribution in [0.5, 0.6) is 23.0 Å². The summed E-state index contributed by atoms with van der Waals surface area (Å²) in [5, 5.41) is 10.8. The second kappa shape index (κ2) is 6.22. The quantitative estimate of drug-likeness (QED) is 0.763. The molecule has 0 atom stereocenters. The van der Waals surface area contributed by atoms with E-state index in [9.17, 15) is 5.11 Å². The van der Waals surface area contributed by atoms with Crippen LogP contribution in [0.3, 0.4) is 0 Å². The van der Waals surface area contributed by atoms with Gasteiger partial charge in [0.05, 0.1) is 26.3 Å². The fraction of sp³-hybridized carbons (Fsp3) is 0.263. The second-order valence-electron chi connectivity index (χ2n) is 5.75. The normalized spacial score (nSPS) is 13.1. The maximum absolute atomic E-state index is 9.82. The van der Waals surface area contributed by atoms with Gasteiger partial charge in [-0.25, -0.2) is 0 Å². The lowest BCUT2D eigenvalue weighted by atomic mass is 10.0. The number of hydrogen-bond acceptors (Lipinski definition) is 5. The number of ether oxygens (including phenoxy) is 4. The molecule has 0 bridgehead atoms. The molecule has 0 saturated heterocycles. The lowest BCUT2D eigenvalue weighted by Crippen LogP contribution is -2.15. The Kier molecular flexibility index (Phi) is 3.89. The van der Waals surface area contributed by atoms with Crippen LogP contribution in [0, 0.1) is 0 Å². The Morgan fingerprint density at radius 1 is 1.00 bits per heavy atom. The molecule has 25 heavy (non-hydrogen) atoms. The molecule has 1 aliphatic heterocycles. The van der Waals surface area contributed by atoms with E-state index in [-0.39, 0.29) is 6.61 Å². The number of rotatable bonds is 4. The molecular weight excluding hydrogens is 322 g/mol. The van der Waals surface area contributed by atoms with Crippen LogP contribution in [0.2, 0.25) is 0 Å². The highest BCUT2D eigenvalue weighted by Gasteiger charge is 2.20. The van der Waals surface area contributed by atoms with Gasteiger partial charge in [-0.15, -0.1) is 0 Å². The van der Waals surface area contributed by atoms with Crippen LogP contribution in [-0.2, 0) is 6.61 Å². The van der Waals surface area contributed by atoms with Crippen molar-refractivity contribution >= 4 is 10.9 Å². The van der Waals surface area contributed by atoms with Crippen LogP contribution in [0.25, 0.3) is 22.0 Å². The third-order valence-electron chi connectivity index (χ3n) is 4.37. The summed E-state index contributed by atoms with van der Waals surface area (Å²) in [6.45, 7) is 0.959. The summed E-state index contributed by atoms with van der Waals surface area (Å²) >= 11 is 0. The smallest absolute Gasteiger partial charge is 0.163 e. The van der Waals surface area contributed by atoms with Crippen LogP contribution in [0.15, 0.2) is 30.3 Å². The summed E-state index contributed by atoms with van der Waals surface area (Å²) in [7, 11) is 3.21. The van der Waals surface area contributed by atoms with E-state index in [4.69, 9.17) is 18.9 Å². The molecule has 0 spiro atoms. The van der Waals surface area contributed by atoms with Crippen LogP contribution in [-0.4, -0.2) is 37.5 Å². The Balaban J connectivity index is 1.94. The average molecular weight is 341 g/mol. The average Bonchev–Trinajstić information content (AvgIpc) is 3.02. The first-order valence-electron chi connectivity index (χ1n) is 8.02. The number of benzene rings is 2. The Hall–Kier alpha value is -2.86. The van der Waals surface area contributed by atoms with E-state index in [1.807, 2.05) is 30.3 Å². The summed E-state index contributed by atoms with van der Waals surface area (Å²) in [6.07, 6.45) is 0. The van der Waals surface area contributed by atoms with Crippen molar-refractivity contribution in [3.63, 3.8) is 0 Å². The molecule has 0 amide bonds. The molecular formula is C19H19NO5. The van der Waals surface area contributed by atoms with Gasteiger partial charge >= 0.3 is 0 Å². The number of aliphatic hydroxyl groups excluding tert-OH is 1. The molecule has 4 rings (SSSR count). The van der Waals surface area contributed by atoms with Crippen molar-refractivity contribution in [1.29, 1.82) is 0 Å². The monoisotopic (exact) mass is 341 g/mol. The van der Waals surface area contributed by atoms with Crippen LogP contribution in [0.4, 0.5) is 0 Å². The molecule has 6 heteroatoms. The van der Waals surface area contributed by atoms with Gasteiger partial charge in [-0.05, 0) is 23.8 Å². The lowest BCUT2D eigenvalue weighted by Gasteiger charge is -2.18. The van der Waals surface area contributed by atoms with E-state index in [0.717, 1.165) is 27.7 Å². The zero-order valence-electron chi connectivity index (χ0n) is 14.1. The van der Waals surface area contributed by atoms with Gasteiger partial charge in [-0.1, -0.05) is 6.07 Å². The maximum Gasteiger partial charge on any atom is 0.163 e. The minimum Gasteiger partial charge on any atom is -0.493 e. The number of H-pyrrole nitrogens is 1. The van der Waals surface area contributed by atoms with Crippen molar-refractivity contribution in [2.45, 2.75) is 6.61 Å². The van der Waals surface area contributed by atoms with Crippen molar-refractivity contribution < 1.29 is 24.1 Å². The number of methoxy groups -OCH3 is 2. The Labute approximate surface area is 144 Å². The molecule has 130 valence electrons. The minimum absolute atomic E-state index is 0.106. The molecule has 1 aliphatic rings. The first kappa shape index (κ1) is 15.7. The van der Waals surface area contributed by atoms with Gasteiger partial charge in [-0.2, -0.15) is 0 Å². The molecule has 0 fully saturated rings. The van der Waals surface area contributed by atoms with Gasteiger partial charge in [0.1, 0.15) is 13.2 Å². The van der Waals surface area contributed by atoms with Gasteiger partial charge in [0.2, 0.25) is 0 Å². The Morgan fingerprint density at radius 2 is 1.72 bits per heavy atom. The molecule has 2 N–H and O–H groups in total. The molecule has 2 heterocycles. The highest BCUT2D eigenvalue weighted by Crippen LogP contribution is 2.42. The lowest BCUT2D eigenvalue weighted by molar-refractivity contribution is 0.172. The first-order valence-corrected chi connectivity index (χ1v) is 8.02. The molecule has 0 aliphatic carbocycles. The summed E-state index contributed by atoms with van der Waals surface area (Å²) in [5.41, 5.74) is 3.45. The largest absolute Gasteiger partial charge is 0.493 e. The fourth-order valence-electron chi connectivity index (χ4n) is 3.23. The first-order chi connectivity index (χ1) is 12.2.